The Hall–Kier alpha value is -2.65. The van der Waals surface area contributed by atoms with Gasteiger partial charge in [0.05, 0.1) is 12.1 Å². The summed E-state index contributed by atoms with van der Waals surface area (Å²) in [5.74, 6) is 6.22. The fourth-order valence-electron chi connectivity index (χ4n) is 1.68. The quantitative estimate of drug-likeness (QED) is 0.685. The Kier molecular flexibility index (Phi) is 4.87. The summed E-state index contributed by atoms with van der Waals surface area (Å²) in [7, 11) is 0. The van der Waals surface area contributed by atoms with E-state index in [0.29, 0.717) is 24.1 Å². The van der Waals surface area contributed by atoms with Crippen LogP contribution in [0.5, 0.6) is 0 Å². The molecule has 102 valence electrons. The molecule has 0 saturated heterocycles. The van der Waals surface area contributed by atoms with Crippen LogP contribution in [-0.2, 0) is 6.42 Å². The highest BCUT2D eigenvalue weighted by atomic mass is 16.1. The zero-order valence-corrected chi connectivity index (χ0v) is 10.9. The Morgan fingerprint density at radius 1 is 1.40 bits per heavy atom. The van der Waals surface area contributed by atoms with Gasteiger partial charge in [-0.3, -0.25) is 9.89 Å². The van der Waals surface area contributed by atoms with E-state index in [1.807, 2.05) is 6.07 Å². The van der Waals surface area contributed by atoms with Crippen LogP contribution in [0.1, 0.15) is 21.7 Å². The number of hydrogen-bond donors (Lipinski definition) is 3. The molecule has 1 amide bonds. The number of nitrogens with zero attached hydrogens (tertiary/aromatic N) is 2. The molecule has 0 atom stereocenters. The third-order valence-electron chi connectivity index (χ3n) is 2.61. The zero-order valence-electron chi connectivity index (χ0n) is 10.9. The number of H-pyrrole nitrogens is 1. The van der Waals surface area contributed by atoms with Crippen molar-refractivity contribution in [3.8, 4) is 11.8 Å². The number of carbonyl (C=O) groups excluding carboxylic acids is 1. The van der Waals surface area contributed by atoms with E-state index in [4.69, 9.17) is 5.73 Å². The van der Waals surface area contributed by atoms with Crippen molar-refractivity contribution >= 4 is 5.91 Å². The molecule has 0 spiro atoms. The first-order valence-corrected chi connectivity index (χ1v) is 6.21. The molecule has 0 unspecified atom stereocenters. The molecule has 0 aliphatic carbocycles. The lowest BCUT2D eigenvalue weighted by atomic mass is 10.1. The van der Waals surface area contributed by atoms with Gasteiger partial charge >= 0.3 is 0 Å². The maximum absolute atomic E-state index is 12.1. The summed E-state index contributed by atoms with van der Waals surface area (Å²) in [4.78, 5) is 16.1. The monoisotopic (exact) mass is 269 g/mol. The molecule has 1 aromatic carbocycles. The van der Waals surface area contributed by atoms with Crippen LogP contribution in [0.4, 0.5) is 0 Å². The molecule has 1 aromatic heterocycles. The molecule has 1 heterocycles. The second kappa shape index (κ2) is 7.07. The average Bonchev–Trinajstić information content (AvgIpc) is 2.98. The smallest absolute Gasteiger partial charge is 0.252 e. The number of amides is 1. The van der Waals surface area contributed by atoms with Gasteiger partial charge in [-0.1, -0.05) is 24.0 Å². The fourth-order valence-corrected chi connectivity index (χ4v) is 1.68. The van der Waals surface area contributed by atoms with E-state index in [1.165, 1.54) is 6.33 Å². The SMILES string of the molecule is NCC#Cc1ccccc1C(=O)NCCc1ncn[nH]1. The molecule has 0 radical (unpaired) electrons. The Labute approximate surface area is 116 Å². The molecular weight excluding hydrogens is 254 g/mol. The largest absolute Gasteiger partial charge is 0.352 e. The van der Waals surface area contributed by atoms with E-state index in [0.717, 1.165) is 5.82 Å². The van der Waals surface area contributed by atoms with Gasteiger partial charge in [-0.25, -0.2) is 4.98 Å². The summed E-state index contributed by atoms with van der Waals surface area (Å²) in [6, 6.07) is 7.18. The van der Waals surface area contributed by atoms with Gasteiger partial charge in [0.25, 0.3) is 5.91 Å². The van der Waals surface area contributed by atoms with Crippen LogP contribution in [-0.4, -0.2) is 34.2 Å². The number of aromatic amines is 1. The summed E-state index contributed by atoms with van der Waals surface area (Å²) in [5.41, 5.74) is 6.57. The molecule has 4 N–H and O–H groups in total. The van der Waals surface area contributed by atoms with Gasteiger partial charge in [-0.15, -0.1) is 0 Å². The molecule has 0 aliphatic rings. The molecule has 20 heavy (non-hydrogen) atoms. The molecule has 6 heteroatoms. The van der Waals surface area contributed by atoms with Crippen molar-refractivity contribution in [2.45, 2.75) is 6.42 Å². The van der Waals surface area contributed by atoms with Crippen LogP contribution in [0.2, 0.25) is 0 Å². The lowest BCUT2D eigenvalue weighted by Crippen LogP contribution is -2.26. The van der Waals surface area contributed by atoms with Gasteiger partial charge in [0.2, 0.25) is 0 Å². The lowest BCUT2D eigenvalue weighted by Gasteiger charge is -2.06. The van der Waals surface area contributed by atoms with Crippen molar-refractivity contribution in [2.75, 3.05) is 13.1 Å². The third kappa shape index (κ3) is 3.67. The number of benzene rings is 1. The fraction of sp³-hybridized carbons (Fsp3) is 0.214. The summed E-state index contributed by atoms with van der Waals surface area (Å²) in [5, 5.41) is 9.32. The Morgan fingerprint density at radius 2 is 2.25 bits per heavy atom. The van der Waals surface area contributed by atoms with Crippen molar-refractivity contribution in [2.24, 2.45) is 5.73 Å². The predicted molar refractivity (Wildman–Crippen MR) is 74.8 cm³/mol. The van der Waals surface area contributed by atoms with Crippen molar-refractivity contribution in [1.29, 1.82) is 0 Å². The minimum absolute atomic E-state index is 0.161. The highest BCUT2D eigenvalue weighted by molar-refractivity contribution is 5.96. The first-order chi connectivity index (χ1) is 9.81. The first-order valence-electron chi connectivity index (χ1n) is 6.21. The van der Waals surface area contributed by atoms with E-state index >= 15 is 0 Å². The third-order valence-corrected chi connectivity index (χ3v) is 2.61. The van der Waals surface area contributed by atoms with Gasteiger partial charge in [0.15, 0.2) is 0 Å². The number of nitrogens with two attached hydrogens (primary N) is 1. The highest BCUT2D eigenvalue weighted by Gasteiger charge is 2.09. The molecule has 6 nitrogen and oxygen atoms in total. The number of nitrogens with one attached hydrogen (secondary N) is 2. The highest BCUT2D eigenvalue weighted by Crippen LogP contribution is 2.07. The van der Waals surface area contributed by atoms with Crippen LogP contribution in [0, 0.1) is 11.8 Å². The Morgan fingerprint density at radius 3 is 3.00 bits per heavy atom. The van der Waals surface area contributed by atoms with E-state index in [1.54, 1.807) is 18.2 Å². The Balaban J connectivity index is 1.98. The number of aromatic nitrogens is 3. The maximum Gasteiger partial charge on any atom is 0.252 e. The topological polar surface area (TPSA) is 96.7 Å². The zero-order chi connectivity index (χ0) is 14.2. The minimum atomic E-state index is -0.161. The standard InChI is InChI=1S/C14H15N5O/c15-8-3-5-11-4-1-2-6-12(11)14(20)16-9-7-13-17-10-18-19-13/h1-2,4,6,10H,7-9,15H2,(H,16,20)(H,17,18,19). The second-order valence-corrected chi connectivity index (χ2v) is 3.99. The van der Waals surface area contributed by atoms with E-state index < -0.39 is 0 Å². The van der Waals surface area contributed by atoms with E-state index in [2.05, 4.69) is 32.3 Å². The molecule has 0 aliphatic heterocycles. The summed E-state index contributed by atoms with van der Waals surface area (Å²) in [6.45, 7) is 0.744. The van der Waals surface area contributed by atoms with Gasteiger partial charge < -0.3 is 11.1 Å². The first kappa shape index (κ1) is 13.8. The van der Waals surface area contributed by atoms with Crippen molar-refractivity contribution < 1.29 is 4.79 Å². The van der Waals surface area contributed by atoms with Crippen LogP contribution < -0.4 is 11.1 Å². The molecular formula is C14H15N5O. The van der Waals surface area contributed by atoms with Crippen molar-refractivity contribution in [3.05, 3.63) is 47.5 Å². The van der Waals surface area contributed by atoms with Gasteiger partial charge in [-0.2, -0.15) is 5.10 Å². The van der Waals surface area contributed by atoms with Gasteiger partial charge in [0, 0.05) is 18.5 Å². The summed E-state index contributed by atoms with van der Waals surface area (Å²) in [6.07, 6.45) is 2.04. The predicted octanol–water partition coefficient (Wildman–Crippen LogP) is 0.0874. The maximum atomic E-state index is 12.1. The van der Waals surface area contributed by atoms with E-state index in [9.17, 15) is 4.79 Å². The number of rotatable bonds is 4. The number of carbonyl (C=O) groups is 1. The van der Waals surface area contributed by atoms with E-state index in [-0.39, 0.29) is 12.5 Å². The Bertz CT molecular complexity index is 625. The molecule has 0 saturated carbocycles. The molecule has 2 aromatic rings. The lowest BCUT2D eigenvalue weighted by molar-refractivity contribution is 0.0954. The van der Waals surface area contributed by atoms with Crippen LogP contribution in [0.3, 0.4) is 0 Å². The van der Waals surface area contributed by atoms with Crippen molar-refractivity contribution in [1.82, 2.24) is 20.5 Å². The van der Waals surface area contributed by atoms with Gasteiger partial charge in [0.1, 0.15) is 12.2 Å². The second-order valence-electron chi connectivity index (χ2n) is 3.99. The number of hydrogen-bond acceptors (Lipinski definition) is 4. The molecule has 0 bridgehead atoms. The normalized spacial score (nSPS) is 9.65. The molecule has 0 fully saturated rings. The van der Waals surface area contributed by atoms with Crippen LogP contribution >= 0.6 is 0 Å². The average molecular weight is 269 g/mol. The minimum Gasteiger partial charge on any atom is -0.352 e. The summed E-state index contributed by atoms with van der Waals surface area (Å²) >= 11 is 0. The van der Waals surface area contributed by atoms with Crippen LogP contribution in [0.15, 0.2) is 30.6 Å². The van der Waals surface area contributed by atoms with Gasteiger partial charge in [-0.05, 0) is 12.1 Å². The summed E-state index contributed by atoms with van der Waals surface area (Å²) < 4.78 is 0. The van der Waals surface area contributed by atoms with Crippen LogP contribution in [0.25, 0.3) is 0 Å². The molecule has 2 rings (SSSR count). The van der Waals surface area contributed by atoms with Crippen molar-refractivity contribution in [3.63, 3.8) is 0 Å².